The highest BCUT2D eigenvalue weighted by molar-refractivity contribution is 6.43. The molecular formula is C18H17N3O2. The van der Waals surface area contributed by atoms with Gasteiger partial charge in [0.25, 0.3) is 5.91 Å². The molecule has 1 aliphatic rings. The molecule has 3 rings (SSSR count). The van der Waals surface area contributed by atoms with Crippen LogP contribution in [0.5, 0.6) is 0 Å². The first-order chi connectivity index (χ1) is 11.1. The zero-order valence-electron chi connectivity index (χ0n) is 12.8. The summed E-state index contributed by atoms with van der Waals surface area (Å²) in [6.07, 6.45) is 0.0369. The summed E-state index contributed by atoms with van der Waals surface area (Å²) in [4.78, 5) is 23.0. The van der Waals surface area contributed by atoms with Crippen LogP contribution < -0.4 is 10.7 Å². The molecule has 0 aromatic heterocycles. The average Bonchev–Trinajstić information content (AvgIpc) is 2.99. The van der Waals surface area contributed by atoms with Crippen LogP contribution in [0.1, 0.15) is 17.5 Å². The lowest BCUT2D eigenvalue weighted by Crippen LogP contribution is -2.30. The molecule has 5 heteroatoms. The molecule has 5 nitrogen and oxygen atoms in total. The van der Waals surface area contributed by atoms with Crippen molar-refractivity contribution in [3.63, 3.8) is 0 Å². The number of amides is 2. The molecule has 0 saturated heterocycles. The van der Waals surface area contributed by atoms with Crippen LogP contribution in [0.4, 0.5) is 0 Å². The van der Waals surface area contributed by atoms with Gasteiger partial charge in [-0.1, -0.05) is 48.0 Å². The topological polar surface area (TPSA) is 70.6 Å². The molecule has 0 unspecified atom stereocenters. The maximum absolute atomic E-state index is 11.9. The first-order valence-corrected chi connectivity index (χ1v) is 7.41. The summed E-state index contributed by atoms with van der Waals surface area (Å²) in [5.74, 6) is -0.569. The molecule has 0 spiro atoms. The fourth-order valence-electron chi connectivity index (χ4n) is 2.46. The zero-order valence-corrected chi connectivity index (χ0v) is 12.8. The van der Waals surface area contributed by atoms with E-state index in [1.54, 1.807) is 0 Å². The molecule has 0 aliphatic carbocycles. The molecule has 2 aromatic rings. The van der Waals surface area contributed by atoms with Crippen molar-refractivity contribution in [3.8, 4) is 11.1 Å². The van der Waals surface area contributed by atoms with E-state index < -0.39 is 0 Å². The third-order valence-electron chi connectivity index (χ3n) is 3.64. The van der Waals surface area contributed by atoms with Gasteiger partial charge in [0, 0.05) is 6.54 Å². The van der Waals surface area contributed by atoms with Crippen LogP contribution in [-0.4, -0.2) is 17.5 Å². The van der Waals surface area contributed by atoms with Gasteiger partial charge in [0.05, 0.1) is 6.42 Å². The van der Waals surface area contributed by atoms with Crippen LogP contribution in [0.3, 0.4) is 0 Å². The maximum atomic E-state index is 11.9. The number of nitrogens with zero attached hydrogens (tertiary/aromatic N) is 1. The van der Waals surface area contributed by atoms with E-state index in [-0.39, 0.29) is 23.9 Å². The second-order valence-corrected chi connectivity index (χ2v) is 5.52. The Morgan fingerprint density at radius 2 is 1.91 bits per heavy atom. The van der Waals surface area contributed by atoms with Crippen molar-refractivity contribution >= 4 is 17.5 Å². The van der Waals surface area contributed by atoms with Crippen molar-refractivity contribution in [3.05, 3.63) is 59.7 Å². The van der Waals surface area contributed by atoms with Crippen molar-refractivity contribution < 1.29 is 9.59 Å². The predicted octanol–water partition coefficient (Wildman–Crippen LogP) is 2.15. The van der Waals surface area contributed by atoms with Gasteiger partial charge in [0.2, 0.25) is 5.91 Å². The fourth-order valence-corrected chi connectivity index (χ4v) is 2.46. The number of carbonyl (C=O) groups is 2. The molecule has 0 radical (unpaired) electrons. The molecule has 2 aromatic carbocycles. The first kappa shape index (κ1) is 15.0. The molecule has 0 atom stereocenters. The Morgan fingerprint density at radius 3 is 2.61 bits per heavy atom. The minimum atomic E-state index is -0.315. The van der Waals surface area contributed by atoms with Crippen LogP contribution in [0.15, 0.2) is 53.6 Å². The molecule has 2 amide bonds. The number of hydrazone groups is 1. The van der Waals surface area contributed by atoms with Gasteiger partial charge in [-0.05, 0) is 29.7 Å². The number of nitrogens with one attached hydrogen (secondary N) is 2. The van der Waals surface area contributed by atoms with Crippen molar-refractivity contribution in [2.45, 2.75) is 19.9 Å². The van der Waals surface area contributed by atoms with E-state index in [9.17, 15) is 9.59 Å². The van der Waals surface area contributed by atoms with E-state index in [1.165, 1.54) is 5.56 Å². The molecule has 116 valence electrons. The zero-order chi connectivity index (χ0) is 16.2. The number of benzene rings is 2. The quantitative estimate of drug-likeness (QED) is 0.908. The number of carbonyl (C=O) groups excluding carboxylic acids is 2. The Balaban J connectivity index is 1.68. The Kier molecular flexibility index (Phi) is 4.19. The predicted molar refractivity (Wildman–Crippen MR) is 88.7 cm³/mol. The van der Waals surface area contributed by atoms with Crippen LogP contribution >= 0.6 is 0 Å². The van der Waals surface area contributed by atoms with Crippen LogP contribution in [-0.2, 0) is 16.1 Å². The number of rotatable bonds is 4. The van der Waals surface area contributed by atoms with E-state index in [0.717, 1.165) is 16.7 Å². The third kappa shape index (κ3) is 3.63. The van der Waals surface area contributed by atoms with Gasteiger partial charge in [-0.2, -0.15) is 5.10 Å². The number of aryl methyl sites for hydroxylation is 1. The van der Waals surface area contributed by atoms with Crippen molar-refractivity contribution in [1.29, 1.82) is 0 Å². The highest BCUT2D eigenvalue weighted by atomic mass is 16.2. The van der Waals surface area contributed by atoms with E-state index in [4.69, 9.17) is 0 Å². The summed E-state index contributed by atoms with van der Waals surface area (Å²) in [6.45, 7) is 2.46. The van der Waals surface area contributed by atoms with Crippen LogP contribution in [0, 0.1) is 6.92 Å². The molecule has 1 heterocycles. The lowest BCUT2D eigenvalue weighted by Gasteiger charge is -2.08. The van der Waals surface area contributed by atoms with Crippen molar-refractivity contribution in [2.24, 2.45) is 5.10 Å². The smallest absolute Gasteiger partial charge is 0.268 e. The minimum absolute atomic E-state index is 0.0369. The highest BCUT2D eigenvalue weighted by Crippen LogP contribution is 2.21. The second kappa shape index (κ2) is 6.44. The molecule has 0 bridgehead atoms. The Labute approximate surface area is 134 Å². The maximum Gasteiger partial charge on any atom is 0.268 e. The summed E-state index contributed by atoms with van der Waals surface area (Å²) < 4.78 is 0. The van der Waals surface area contributed by atoms with E-state index in [2.05, 4.69) is 47.0 Å². The third-order valence-corrected chi connectivity index (χ3v) is 3.64. The summed E-state index contributed by atoms with van der Waals surface area (Å²) in [7, 11) is 0. The van der Waals surface area contributed by atoms with Crippen LogP contribution in [0.25, 0.3) is 11.1 Å². The minimum Gasteiger partial charge on any atom is -0.347 e. The lowest BCUT2D eigenvalue weighted by atomic mass is 10.0. The molecule has 0 fully saturated rings. The van der Waals surface area contributed by atoms with E-state index in [0.29, 0.717) is 6.54 Å². The molecule has 23 heavy (non-hydrogen) atoms. The standard InChI is InChI=1S/C18H17N3O2/c1-12-4-2-6-14(8-12)15-7-3-5-13(9-15)11-19-18(23)16-10-17(22)21-20-16/h2-9H,10-11H2,1H3,(H,19,23)(H,21,22). The SMILES string of the molecule is Cc1cccc(-c2cccc(CNC(=O)C3=NNC(=O)C3)c2)c1. The van der Waals surface area contributed by atoms with Crippen LogP contribution in [0.2, 0.25) is 0 Å². The van der Waals surface area contributed by atoms with Gasteiger partial charge >= 0.3 is 0 Å². The Bertz CT molecular complexity index is 796. The van der Waals surface area contributed by atoms with Gasteiger partial charge in [-0.25, -0.2) is 5.43 Å². The summed E-state index contributed by atoms with van der Waals surface area (Å²) >= 11 is 0. The van der Waals surface area contributed by atoms with Crippen molar-refractivity contribution in [1.82, 2.24) is 10.7 Å². The Morgan fingerprint density at radius 1 is 1.17 bits per heavy atom. The summed E-state index contributed by atoms with van der Waals surface area (Å²) in [5.41, 5.74) is 6.95. The molecule has 1 aliphatic heterocycles. The molecule has 2 N–H and O–H groups in total. The largest absolute Gasteiger partial charge is 0.347 e. The second-order valence-electron chi connectivity index (χ2n) is 5.52. The van der Waals surface area contributed by atoms with Crippen molar-refractivity contribution in [2.75, 3.05) is 0 Å². The highest BCUT2D eigenvalue weighted by Gasteiger charge is 2.20. The van der Waals surface area contributed by atoms with Gasteiger partial charge in [0.1, 0.15) is 5.71 Å². The average molecular weight is 307 g/mol. The van der Waals surface area contributed by atoms with E-state index in [1.807, 2.05) is 24.3 Å². The number of hydrogen-bond acceptors (Lipinski definition) is 3. The normalized spacial score (nSPS) is 13.4. The van der Waals surface area contributed by atoms with Gasteiger partial charge in [0.15, 0.2) is 0 Å². The number of hydrogen-bond donors (Lipinski definition) is 2. The summed E-state index contributed by atoms with van der Waals surface area (Å²) in [6, 6.07) is 16.3. The molecular weight excluding hydrogens is 290 g/mol. The summed E-state index contributed by atoms with van der Waals surface area (Å²) in [5, 5.41) is 6.50. The van der Waals surface area contributed by atoms with E-state index >= 15 is 0 Å². The molecule has 0 saturated carbocycles. The first-order valence-electron chi connectivity index (χ1n) is 7.41. The fraction of sp³-hybridized carbons (Fsp3) is 0.167. The monoisotopic (exact) mass is 307 g/mol. The van der Waals surface area contributed by atoms with Gasteiger partial charge in [-0.15, -0.1) is 0 Å². The van der Waals surface area contributed by atoms with Gasteiger partial charge < -0.3 is 5.32 Å². The van der Waals surface area contributed by atoms with Gasteiger partial charge in [-0.3, -0.25) is 9.59 Å². The lowest BCUT2D eigenvalue weighted by molar-refractivity contribution is -0.120. The Hall–Kier alpha value is -2.95.